The van der Waals surface area contributed by atoms with Crippen molar-refractivity contribution in [2.24, 2.45) is 5.73 Å². The van der Waals surface area contributed by atoms with Gasteiger partial charge in [0, 0.05) is 24.8 Å². The molecule has 104 valence electrons. The topological polar surface area (TPSA) is 46.3 Å². The van der Waals surface area contributed by atoms with Crippen molar-refractivity contribution in [3.05, 3.63) is 64.7 Å². The number of nitrogens with zero attached hydrogens (tertiary/aromatic N) is 1. The van der Waals surface area contributed by atoms with Crippen molar-refractivity contribution in [2.45, 2.75) is 20.4 Å². The molecule has 3 heteroatoms. The molecule has 0 atom stereocenters. The average molecular weight is 268 g/mol. The van der Waals surface area contributed by atoms with E-state index >= 15 is 0 Å². The molecule has 0 radical (unpaired) electrons. The molecule has 2 rings (SSSR count). The zero-order valence-corrected chi connectivity index (χ0v) is 12.2. The third-order valence-corrected chi connectivity index (χ3v) is 3.45. The normalized spacial score (nSPS) is 10.4. The van der Waals surface area contributed by atoms with Gasteiger partial charge in [-0.2, -0.15) is 0 Å². The van der Waals surface area contributed by atoms with E-state index in [1.165, 1.54) is 0 Å². The van der Waals surface area contributed by atoms with Crippen LogP contribution in [0.15, 0.2) is 42.5 Å². The summed E-state index contributed by atoms with van der Waals surface area (Å²) in [5.41, 5.74) is 10.4. The smallest absolute Gasteiger partial charge is 0.258 e. The minimum absolute atomic E-state index is 0.00308. The summed E-state index contributed by atoms with van der Waals surface area (Å²) in [7, 11) is 1.79. The maximum atomic E-state index is 12.6. The Balaban J connectivity index is 2.32. The second kappa shape index (κ2) is 5.88. The van der Waals surface area contributed by atoms with Gasteiger partial charge in [-0.15, -0.1) is 0 Å². The van der Waals surface area contributed by atoms with Crippen LogP contribution in [0.4, 0.5) is 5.69 Å². The molecule has 0 bridgehead atoms. The highest BCUT2D eigenvalue weighted by Crippen LogP contribution is 2.19. The molecule has 2 aromatic rings. The van der Waals surface area contributed by atoms with Gasteiger partial charge in [-0.25, -0.2) is 0 Å². The first-order valence-electron chi connectivity index (χ1n) is 6.67. The monoisotopic (exact) mass is 268 g/mol. The molecular formula is C17H20N2O. The van der Waals surface area contributed by atoms with E-state index in [-0.39, 0.29) is 5.91 Å². The number of amides is 1. The van der Waals surface area contributed by atoms with E-state index in [4.69, 9.17) is 5.73 Å². The van der Waals surface area contributed by atoms with Gasteiger partial charge in [-0.1, -0.05) is 29.8 Å². The zero-order valence-electron chi connectivity index (χ0n) is 12.2. The van der Waals surface area contributed by atoms with Gasteiger partial charge in [0.15, 0.2) is 0 Å². The van der Waals surface area contributed by atoms with Crippen molar-refractivity contribution in [2.75, 3.05) is 11.9 Å². The molecule has 0 aliphatic heterocycles. The first kappa shape index (κ1) is 14.3. The lowest BCUT2D eigenvalue weighted by Gasteiger charge is -2.19. The summed E-state index contributed by atoms with van der Waals surface area (Å²) in [5, 5.41) is 0. The van der Waals surface area contributed by atoms with Gasteiger partial charge in [-0.3, -0.25) is 4.79 Å². The van der Waals surface area contributed by atoms with E-state index in [0.29, 0.717) is 6.54 Å². The van der Waals surface area contributed by atoms with Gasteiger partial charge in [0.1, 0.15) is 0 Å². The van der Waals surface area contributed by atoms with E-state index in [0.717, 1.165) is 27.9 Å². The van der Waals surface area contributed by atoms with Crippen LogP contribution in [0, 0.1) is 13.8 Å². The number of carbonyl (C=O) groups is 1. The Bertz CT molecular complexity index is 635. The largest absolute Gasteiger partial charge is 0.326 e. The van der Waals surface area contributed by atoms with Gasteiger partial charge in [0.25, 0.3) is 5.91 Å². The molecule has 1 amide bonds. The summed E-state index contributed by atoms with van der Waals surface area (Å²) in [4.78, 5) is 14.2. The molecule has 0 fully saturated rings. The molecule has 0 aliphatic rings. The third kappa shape index (κ3) is 2.89. The number of hydrogen-bond donors (Lipinski definition) is 1. The number of carbonyl (C=O) groups excluding carboxylic acids is 1. The highest BCUT2D eigenvalue weighted by molar-refractivity contribution is 6.06. The Morgan fingerprint density at radius 2 is 1.90 bits per heavy atom. The van der Waals surface area contributed by atoms with Crippen molar-refractivity contribution in [1.29, 1.82) is 0 Å². The zero-order chi connectivity index (χ0) is 14.7. The summed E-state index contributed by atoms with van der Waals surface area (Å²) in [5.74, 6) is -0.00308. The molecule has 0 aliphatic carbocycles. The number of nitrogens with two attached hydrogens (primary N) is 1. The fourth-order valence-corrected chi connectivity index (χ4v) is 2.24. The van der Waals surface area contributed by atoms with Crippen LogP contribution >= 0.6 is 0 Å². The summed E-state index contributed by atoms with van der Waals surface area (Å²) in [6.45, 7) is 4.46. The lowest BCUT2D eigenvalue weighted by molar-refractivity contribution is 0.0992. The molecule has 0 saturated heterocycles. The maximum Gasteiger partial charge on any atom is 0.258 e. The Labute approximate surface area is 120 Å². The maximum absolute atomic E-state index is 12.6. The number of rotatable bonds is 3. The quantitative estimate of drug-likeness (QED) is 0.930. The predicted molar refractivity (Wildman–Crippen MR) is 83.0 cm³/mol. The van der Waals surface area contributed by atoms with Crippen LogP contribution in [-0.4, -0.2) is 13.0 Å². The summed E-state index contributed by atoms with van der Waals surface area (Å²) in [6.07, 6.45) is 0. The van der Waals surface area contributed by atoms with Crippen LogP contribution in [0.2, 0.25) is 0 Å². The molecule has 2 N–H and O–H groups in total. The highest BCUT2D eigenvalue weighted by Gasteiger charge is 2.15. The summed E-state index contributed by atoms with van der Waals surface area (Å²) < 4.78 is 0. The molecule has 20 heavy (non-hydrogen) atoms. The molecule has 0 aromatic heterocycles. The molecule has 0 unspecified atom stereocenters. The summed E-state index contributed by atoms with van der Waals surface area (Å²) >= 11 is 0. The standard InChI is InChI=1S/C17H20N2O/c1-12-7-8-16(13(2)9-12)17(20)19(3)15-6-4-5-14(10-15)11-18/h4-10H,11,18H2,1-3H3. The van der Waals surface area contributed by atoms with Crippen LogP contribution in [0.1, 0.15) is 27.0 Å². The van der Waals surface area contributed by atoms with Crippen LogP contribution in [0.3, 0.4) is 0 Å². The van der Waals surface area contributed by atoms with Gasteiger partial charge in [0.2, 0.25) is 0 Å². The minimum atomic E-state index is -0.00308. The van der Waals surface area contributed by atoms with Gasteiger partial charge in [-0.05, 0) is 43.2 Å². The minimum Gasteiger partial charge on any atom is -0.326 e. The Morgan fingerprint density at radius 3 is 2.55 bits per heavy atom. The summed E-state index contributed by atoms with van der Waals surface area (Å²) in [6, 6.07) is 13.6. The van der Waals surface area contributed by atoms with Crippen molar-refractivity contribution in [3.63, 3.8) is 0 Å². The van der Waals surface area contributed by atoms with Crippen LogP contribution < -0.4 is 10.6 Å². The van der Waals surface area contributed by atoms with E-state index in [1.807, 2.05) is 56.3 Å². The van der Waals surface area contributed by atoms with E-state index in [9.17, 15) is 4.79 Å². The number of hydrogen-bond acceptors (Lipinski definition) is 2. The SMILES string of the molecule is Cc1ccc(C(=O)N(C)c2cccc(CN)c2)c(C)c1. The molecule has 2 aromatic carbocycles. The second-order valence-electron chi connectivity index (χ2n) is 5.06. The van der Waals surface area contributed by atoms with Crippen LogP contribution in [0.5, 0.6) is 0 Å². The lowest BCUT2D eigenvalue weighted by Crippen LogP contribution is -2.27. The Kier molecular flexibility index (Phi) is 4.20. The third-order valence-electron chi connectivity index (χ3n) is 3.45. The molecule has 0 spiro atoms. The lowest BCUT2D eigenvalue weighted by atomic mass is 10.0. The van der Waals surface area contributed by atoms with Gasteiger partial charge >= 0.3 is 0 Å². The van der Waals surface area contributed by atoms with Crippen LogP contribution in [-0.2, 0) is 6.54 Å². The Hall–Kier alpha value is -2.13. The van der Waals surface area contributed by atoms with Crippen molar-refractivity contribution in [1.82, 2.24) is 0 Å². The first-order chi connectivity index (χ1) is 9.52. The number of aryl methyl sites for hydroxylation is 2. The number of benzene rings is 2. The predicted octanol–water partition coefficient (Wildman–Crippen LogP) is 3.04. The van der Waals surface area contributed by atoms with E-state index in [1.54, 1.807) is 11.9 Å². The highest BCUT2D eigenvalue weighted by atomic mass is 16.2. The van der Waals surface area contributed by atoms with E-state index in [2.05, 4.69) is 0 Å². The molecular weight excluding hydrogens is 248 g/mol. The van der Waals surface area contributed by atoms with Gasteiger partial charge < -0.3 is 10.6 Å². The van der Waals surface area contributed by atoms with Crippen molar-refractivity contribution in [3.8, 4) is 0 Å². The van der Waals surface area contributed by atoms with Crippen molar-refractivity contribution >= 4 is 11.6 Å². The van der Waals surface area contributed by atoms with Gasteiger partial charge in [0.05, 0.1) is 0 Å². The first-order valence-corrected chi connectivity index (χ1v) is 6.67. The molecule has 0 saturated carbocycles. The molecule has 3 nitrogen and oxygen atoms in total. The fraction of sp³-hybridized carbons (Fsp3) is 0.235. The fourth-order valence-electron chi connectivity index (χ4n) is 2.24. The Morgan fingerprint density at radius 1 is 1.15 bits per heavy atom. The van der Waals surface area contributed by atoms with Crippen molar-refractivity contribution < 1.29 is 4.79 Å². The van der Waals surface area contributed by atoms with Crippen LogP contribution in [0.25, 0.3) is 0 Å². The molecule has 0 heterocycles. The van der Waals surface area contributed by atoms with E-state index < -0.39 is 0 Å². The number of anilines is 1. The average Bonchev–Trinajstić information content (AvgIpc) is 2.46. The second-order valence-corrected chi connectivity index (χ2v) is 5.06.